The SMILES string of the molecule is CC(C)(C)c1ccc(C(=O)Nc2ccc(NC(=O)CCc3cccc(N)c3)cc2)cc1. The van der Waals surface area contributed by atoms with Gasteiger partial charge in [-0.25, -0.2) is 0 Å². The first-order valence-electron chi connectivity index (χ1n) is 10.4. The van der Waals surface area contributed by atoms with Crippen molar-refractivity contribution in [3.05, 3.63) is 89.5 Å². The van der Waals surface area contributed by atoms with E-state index in [1.807, 2.05) is 48.5 Å². The Balaban J connectivity index is 1.52. The van der Waals surface area contributed by atoms with E-state index in [4.69, 9.17) is 5.73 Å². The van der Waals surface area contributed by atoms with Crippen molar-refractivity contribution in [2.45, 2.75) is 39.0 Å². The van der Waals surface area contributed by atoms with Crippen LogP contribution in [0.4, 0.5) is 17.1 Å². The van der Waals surface area contributed by atoms with Crippen LogP contribution in [-0.2, 0) is 16.6 Å². The van der Waals surface area contributed by atoms with E-state index in [2.05, 4.69) is 31.4 Å². The molecule has 3 aromatic carbocycles. The van der Waals surface area contributed by atoms with Crippen molar-refractivity contribution in [3.8, 4) is 0 Å². The van der Waals surface area contributed by atoms with Gasteiger partial charge in [0.1, 0.15) is 0 Å². The first-order chi connectivity index (χ1) is 14.7. The van der Waals surface area contributed by atoms with E-state index in [9.17, 15) is 9.59 Å². The molecule has 0 aliphatic carbocycles. The number of carbonyl (C=O) groups excluding carboxylic acids is 2. The number of nitrogen functional groups attached to an aromatic ring is 1. The Morgan fingerprint density at radius 3 is 2.03 bits per heavy atom. The number of nitrogens with one attached hydrogen (secondary N) is 2. The highest BCUT2D eigenvalue weighted by Gasteiger charge is 2.14. The summed E-state index contributed by atoms with van der Waals surface area (Å²) < 4.78 is 0. The van der Waals surface area contributed by atoms with Crippen LogP contribution in [0, 0.1) is 0 Å². The molecule has 5 heteroatoms. The smallest absolute Gasteiger partial charge is 0.255 e. The third-order valence-corrected chi connectivity index (χ3v) is 5.03. The summed E-state index contributed by atoms with van der Waals surface area (Å²) in [6.07, 6.45) is 0.992. The third kappa shape index (κ3) is 6.44. The van der Waals surface area contributed by atoms with Gasteiger partial charge in [-0.2, -0.15) is 0 Å². The van der Waals surface area contributed by atoms with Crippen LogP contribution in [0.5, 0.6) is 0 Å². The van der Waals surface area contributed by atoms with Gasteiger partial charge < -0.3 is 16.4 Å². The highest BCUT2D eigenvalue weighted by atomic mass is 16.2. The number of anilines is 3. The van der Waals surface area contributed by atoms with Crippen LogP contribution in [0.1, 0.15) is 48.7 Å². The Labute approximate surface area is 183 Å². The van der Waals surface area contributed by atoms with Crippen LogP contribution < -0.4 is 16.4 Å². The van der Waals surface area contributed by atoms with Crippen LogP contribution in [0.2, 0.25) is 0 Å². The van der Waals surface area contributed by atoms with Gasteiger partial charge in [-0.05, 0) is 71.5 Å². The fourth-order valence-electron chi connectivity index (χ4n) is 3.19. The standard InChI is InChI=1S/C26H29N3O2/c1-26(2,3)20-10-8-19(9-11-20)25(31)29-23-14-12-22(13-15-23)28-24(30)16-7-18-5-4-6-21(27)17-18/h4-6,8-15,17H,7,16,27H2,1-3H3,(H,28,30)(H,29,31). The lowest BCUT2D eigenvalue weighted by atomic mass is 9.87. The zero-order valence-electron chi connectivity index (χ0n) is 18.2. The summed E-state index contributed by atoms with van der Waals surface area (Å²) in [5, 5.41) is 5.76. The lowest BCUT2D eigenvalue weighted by Crippen LogP contribution is -2.14. The molecule has 0 aromatic heterocycles. The van der Waals surface area contributed by atoms with E-state index in [1.54, 1.807) is 24.3 Å². The Kier molecular flexibility index (Phi) is 6.75. The summed E-state index contributed by atoms with van der Waals surface area (Å²) in [5.74, 6) is -0.238. The second-order valence-electron chi connectivity index (χ2n) is 8.65. The predicted molar refractivity (Wildman–Crippen MR) is 127 cm³/mol. The third-order valence-electron chi connectivity index (χ3n) is 5.03. The molecule has 31 heavy (non-hydrogen) atoms. The summed E-state index contributed by atoms with van der Waals surface area (Å²) in [7, 11) is 0. The van der Waals surface area contributed by atoms with Gasteiger partial charge in [-0.3, -0.25) is 9.59 Å². The fraction of sp³-hybridized carbons (Fsp3) is 0.231. The maximum absolute atomic E-state index is 12.5. The molecule has 2 amide bonds. The number of carbonyl (C=O) groups is 2. The van der Waals surface area contributed by atoms with Crippen molar-refractivity contribution in [2.24, 2.45) is 0 Å². The van der Waals surface area contributed by atoms with E-state index in [0.29, 0.717) is 35.5 Å². The van der Waals surface area contributed by atoms with E-state index in [1.165, 1.54) is 5.56 Å². The zero-order chi connectivity index (χ0) is 22.4. The van der Waals surface area contributed by atoms with Crippen molar-refractivity contribution in [1.82, 2.24) is 0 Å². The highest BCUT2D eigenvalue weighted by molar-refractivity contribution is 6.04. The van der Waals surface area contributed by atoms with Gasteiger partial charge in [0.15, 0.2) is 0 Å². The molecule has 3 aromatic rings. The zero-order valence-corrected chi connectivity index (χ0v) is 18.2. The van der Waals surface area contributed by atoms with Gasteiger partial charge in [0.05, 0.1) is 0 Å². The minimum Gasteiger partial charge on any atom is -0.399 e. The number of amides is 2. The van der Waals surface area contributed by atoms with Crippen molar-refractivity contribution in [2.75, 3.05) is 16.4 Å². The van der Waals surface area contributed by atoms with Crippen molar-refractivity contribution < 1.29 is 9.59 Å². The van der Waals surface area contributed by atoms with E-state index < -0.39 is 0 Å². The molecular weight excluding hydrogens is 386 g/mol. The Bertz CT molecular complexity index is 1050. The Morgan fingerprint density at radius 1 is 0.839 bits per heavy atom. The molecule has 0 spiro atoms. The number of rotatable bonds is 6. The topological polar surface area (TPSA) is 84.2 Å². The average molecular weight is 416 g/mol. The number of nitrogens with two attached hydrogens (primary N) is 1. The number of hydrogen-bond acceptors (Lipinski definition) is 3. The summed E-state index contributed by atoms with van der Waals surface area (Å²) >= 11 is 0. The van der Waals surface area contributed by atoms with Crippen LogP contribution in [0.25, 0.3) is 0 Å². The first kappa shape index (κ1) is 22.1. The summed E-state index contributed by atoms with van der Waals surface area (Å²) in [5.41, 5.74) is 10.7. The van der Waals surface area contributed by atoms with E-state index >= 15 is 0 Å². The predicted octanol–water partition coefficient (Wildman–Crippen LogP) is 5.39. The molecule has 0 atom stereocenters. The van der Waals surface area contributed by atoms with Crippen molar-refractivity contribution >= 4 is 28.9 Å². The average Bonchev–Trinajstić information content (AvgIpc) is 2.73. The summed E-state index contributed by atoms with van der Waals surface area (Å²) in [6.45, 7) is 6.42. The highest BCUT2D eigenvalue weighted by Crippen LogP contribution is 2.22. The summed E-state index contributed by atoms with van der Waals surface area (Å²) in [4.78, 5) is 24.7. The van der Waals surface area contributed by atoms with Crippen LogP contribution in [0.3, 0.4) is 0 Å². The minimum absolute atomic E-state index is 0.0454. The van der Waals surface area contributed by atoms with Crippen molar-refractivity contribution in [3.63, 3.8) is 0 Å². The van der Waals surface area contributed by atoms with E-state index in [0.717, 1.165) is 5.56 Å². The molecule has 0 unspecified atom stereocenters. The first-order valence-corrected chi connectivity index (χ1v) is 10.4. The number of hydrogen-bond donors (Lipinski definition) is 3. The van der Waals surface area contributed by atoms with Gasteiger partial charge in [-0.1, -0.05) is 45.0 Å². The molecule has 0 heterocycles. The molecule has 5 nitrogen and oxygen atoms in total. The van der Waals surface area contributed by atoms with Gasteiger partial charge in [0, 0.05) is 29.0 Å². The lowest BCUT2D eigenvalue weighted by Gasteiger charge is -2.19. The van der Waals surface area contributed by atoms with Crippen LogP contribution in [-0.4, -0.2) is 11.8 Å². The minimum atomic E-state index is -0.167. The fourth-order valence-corrected chi connectivity index (χ4v) is 3.19. The molecule has 0 saturated carbocycles. The lowest BCUT2D eigenvalue weighted by molar-refractivity contribution is -0.116. The Hall–Kier alpha value is -3.60. The van der Waals surface area contributed by atoms with E-state index in [-0.39, 0.29) is 17.2 Å². The molecule has 0 aliphatic heterocycles. The molecule has 0 aliphatic rings. The second-order valence-corrected chi connectivity index (χ2v) is 8.65. The number of aryl methyl sites for hydroxylation is 1. The molecule has 3 rings (SSSR count). The molecule has 0 radical (unpaired) electrons. The van der Waals surface area contributed by atoms with Gasteiger partial charge in [0.25, 0.3) is 5.91 Å². The normalized spacial score (nSPS) is 11.1. The maximum Gasteiger partial charge on any atom is 0.255 e. The molecule has 4 N–H and O–H groups in total. The van der Waals surface area contributed by atoms with Crippen LogP contribution >= 0.6 is 0 Å². The number of benzene rings is 3. The molecule has 0 fully saturated rings. The van der Waals surface area contributed by atoms with Crippen LogP contribution in [0.15, 0.2) is 72.8 Å². The molecule has 160 valence electrons. The van der Waals surface area contributed by atoms with Gasteiger partial charge >= 0.3 is 0 Å². The maximum atomic E-state index is 12.5. The van der Waals surface area contributed by atoms with Gasteiger partial charge in [-0.15, -0.1) is 0 Å². The Morgan fingerprint density at radius 2 is 1.45 bits per heavy atom. The molecule has 0 bridgehead atoms. The molecular formula is C26H29N3O2. The molecule has 0 saturated heterocycles. The monoisotopic (exact) mass is 415 g/mol. The van der Waals surface area contributed by atoms with Crippen molar-refractivity contribution in [1.29, 1.82) is 0 Å². The van der Waals surface area contributed by atoms with Gasteiger partial charge in [0.2, 0.25) is 5.91 Å². The second kappa shape index (κ2) is 9.47. The quantitative estimate of drug-likeness (QED) is 0.472. The largest absolute Gasteiger partial charge is 0.399 e. The summed E-state index contributed by atoms with van der Waals surface area (Å²) in [6, 6.07) is 22.3.